The highest BCUT2D eigenvalue weighted by atomic mass is 35.5. The van der Waals surface area contributed by atoms with Crippen molar-refractivity contribution in [3.63, 3.8) is 0 Å². The Morgan fingerprint density at radius 2 is 2.32 bits per heavy atom. The molecule has 1 amide bonds. The summed E-state index contributed by atoms with van der Waals surface area (Å²) < 4.78 is 5.71. The molecule has 1 N–H and O–H groups in total. The minimum absolute atomic E-state index is 0.0731. The second-order valence-corrected chi connectivity index (χ2v) is 5.70. The second-order valence-electron chi connectivity index (χ2n) is 3.96. The van der Waals surface area contributed by atoms with Gasteiger partial charge >= 0.3 is 5.97 Å². The molecule has 7 heteroatoms. The van der Waals surface area contributed by atoms with E-state index in [9.17, 15) is 9.59 Å². The molecule has 0 aromatic carbocycles. The van der Waals surface area contributed by atoms with Gasteiger partial charge in [-0.1, -0.05) is 11.6 Å². The molecule has 1 fully saturated rings. The topological polar surface area (TPSA) is 66.8 Å². The van der Waals surface area contributed by atoms with Crippen LogP contribution in [0.4, 0.5) is 0 Å². The van der Waals surface area contributed by atoms with E-state index in [0.717, 1.165) is 4.88 Å². The summed E-state index contributed by atoms with van der Waals surface area (Å²) in [7, 11) is 0. The molecular weight excluding hydrogens is 290 g/mol. The predicted octanol–water partition coefficient (Wildman–Crippen LogP) is 1.73. The number of hydrogen-bond donors (Lipinski definition) is 1. The smallest absolute Gasteiger partial charge is 0.334 e. The monoisotopic (exact) mass is 301 g/mol. The molecule has 102 valence electrons. The van der Waals surface area contributed by atoms with Crippen LogP contribution in [0.2, 0.25) is 4.34 Å². The van der Waals surface area contributed by atoms with Crippen molar-refractivity contribution in [2.75, 3.05) is 19.7 Å². The standard InChI is InChI=1S/C12H12ClNO4S/c13-10-3-1-8(19-10)2-4-11(15)14-5-6-18-9(7-14)12(16)17/h1-4,9H,5-7H2,(H,16,17)/b4-2+/t9-/m1/s1. The van der Waals surface area contributed by atoms with Gasteiger partial charge in [-0.25, -0.2) is 4.79 Å². The van der Waals surface area contributed by atoms with Crippen molar-refractivity contribution in [2.45, 2.75) is 6.10 Å². The molecule has 2 heterocycles. The lowest BCUT2D eigenvalue weighted by Crippen LogP contribution is -2.48. The highest BCUT2D eigenvalue weighted by molar-refractivity contribution is 7.17. The number of hydrogen-bond acceptors (Lipinski definition) is 4. The lowest BCUT2D eigenvalue weighted by atomic mass is 10.2. The summed E-state index contributed by atoms with van der Waals surface area (Å²) in [5, 5.41) is 8.85. The number of morpholine rings is 1. The van der Waals surface area contributed by atoms with Crippen molar-refractivity contribution >= 4 is 40.9 Å². The normalized spacial score (nSPS) is 19.8. The number of carbonyl (C=O) groups is 2. The molecule has 2 rings (SSSR count). The van der Waals surface area contributed by atoms with Gasteiger partial charge in [0.2, 0.25) is 5.91 Å². The zero-order valence-electron chi connectivity index (χ0n) is 9.91. The van der Waals surface area contributed by atoms with Crippen molar-refractivity contribution in [3.8, 4) is 0 Å². The number of halogens is 1. The molecule has 1 aromatic rings. The summed E-state index contributed by atoms with van der Waals surface area (Å²) in [6.07, 6.45) is 2.15. The van der Waals surface area contributed by atoms with Crippen LogP contribution in [0.3, 0.4) is 0 Å². The van der Waals surface area contributed by atoms with Crippen LogP contribution in [0.25, 0.3) is 6.08 Å². The third-order valence-corrected chi connectivity index (χ3v) is 3.83. The SMILES string of the molecule is O=C(O)[C@H]1CN(C(=O)/C=C/c2ccc(Cl)s2)CCO1. The molecule has 1 aliphatic heterocycles. The van der Waals surface area contributed by atoms with E-state index in [1.165, 1.54) is 22.3 Å². The number of rotatable bonds is 3. The van der Waals surface area contributed by atoms with Crippen molar-refractivity contribution in [1.82, 2.24) is 4.90 Å². The molecule has 0 aliphatic carbocycles. The Balaban J connectivity index is 1.96. The molecular formula is C12H12ClNO4S. The zero-order chi connectivity index (χ0) is 13.8. The largest absolute Gasteiger partial charge is 0.479 e. The Kier molecular flexibility index (Phi) is 4.57. The zero-order valence-corrected chi connectivity index (χ0v) is 11.5. The predicted molar refractivity (Wildman–Crippen MR) is 72.3 cm³/mol. The Labute approximate surface area is 119 Å². The third-order valence-electron chi connectivity index (χ3n) is 2.64. The fourth-order valence-electron chi connectivity index (χ4n) is 1.68. The quantitative estimate of drug-likeness (QED) is 0.863. The Bertz CT molecular complexity index is 514. The lowest BCUT2D eigenvalue weighted by Gasteiger charge is -2.30. The molecule has 1 atom stereocenters. The van der Waals surface area contributed by atoms with Crippen LogP contribution < -0.4 is 0 Å². The van der Waals surface area contributed by atoms with Crippen LogP contribution in [0.15, 0.2) is 18.2 Å². The fraction of sp³-hybridized carbons (Fsp3) is 0.333. The minimum atomic E-state index is -1.05. The van der Waals surface area contributed by atoms with Gasteiger partial charge in [0.05, 0.1) is 17.5 Å². The summed E-state index contributed by atoms with van der Waals surface area (Å²) in [5.74, 6) is -1.27. The van der Waals surface area contributed by atoms with E-state index in [2.05, 4.69) is 0 Å². The van der Waals surface area contributed by atoms with Gasteiger partial charge in [0.1, 0.15) is 0 Å². The fourth-order valence-corrected chi connectivity index (χ4v) is 2.64. The van der Waals surface area contributed by atoms with Gasteiger partial charge in [0.15, 0.2) is 6.10 Å². The maximum absolute atomic E-state index is 11.9. The van der Waals surface area contributed by atoms with Crippen molar-refractivity contribution < 1.29 is 19.4 Å². The average molecular weight is 302 g/mol. The van der Waals surface area contributed by atoms with E-state index in [1.54, 1.807) is 12.1 Å². The lowest BCUT2D eigenvalue weighted by molar-refractivity contribution is -0.158. The van der Waals surface area contributed by atoms with Crippen LogP contribution >= 0.6 is 22.9 Å². The maximum Gasteiger partial charge on any atom is 0.334 e. The van der Waals surface area contributed by atoms with E-state index < -0.39 is 12.1 Å². The first kappa shape index (κ1) is 14.0. The van der Waals surface area contributed by atoms with Gasteiger partial charge in [-0.05, 0) is 18.2 Å². The molecule has 1 saturated heterocycles. The summed E-state index contributed by atoms with van der Waals surface area (Å²) >= 11 is 7.16. The number of ether oxygens (including phenoxy) is 1. The molecule has 19 heavy (non-hydrogen) atoms. The van der Waals surface area contributed by atoms with Crippen molar-refractivity contribution in [3.05, 3.63) is 27.4 Å². The molecule has 0 unspecified atom stereocenters. The summed E-state index contributed by atoms with van der Waals surface area (Å²) in [6.45, 7) is 0.712. The molecule has 0 bridgehead atoms. The van der Waals surface area contributed by atoms with E-state index in [4.69, 9.17) is 21.4 Å². The van der Waals surface area contributed by atoms with E-state index >= 15 is 0 Å². The highest BCUT2D eigenvalue weighted by Crippen LogP contribution is 2.22. The summed E-state index contributed by atoms with van der Waals surface area (Å²) in [5.41, 5.74) is 0. The summed E-state index contributed by atoms with van der Waals surface area (Å²) in [4.78, 5) is 25.1. The number of aliphatic carboxylic acids is 1. The van der Waals surface area contributed by atoms with E-state index in [-0.39, 0.29) is 19.1 Å². The van der Waals surface area contributed by atoms with Crippen LogP contribution in [0.5, 0.6) is 0 Å². The van der Waals surface area contributed by atoms with Gasteiger partial charge in [0.25, 0.3) is 0 Å². The third kappa shape index (κ3) is 3.79. The Hall–Kier alpha value is -1.37. The van der Waals surface area contributed by atoms with Gasteiger partial charge in [-0.3, -0.25) is 4.79 Å². The first-order chi connectivity index (χ1) is 9.06. The molecule has 0 spiro atoms. The first-order valence-corrected chi connectivity index (χ1v) is 6.82. The van der Waals surface area contributed by atoms with Crippen LogP contribution in [-0.2, 0) is 14.3 Å². The Morgan fingerprint density at radius 3 is 2.95 bits per heavy atom. The van der Waals surface area contributed by atoms with Gasteiger partial charge in [-0.2, -0.15) is 0 Å². The molecule has 1 aliphatic rings. The number of amides is 1. The number of thiophene rings is 1. The first-order valence-electron chi connectivity index (χ1n) is 5.63. The number of carbonyl (C=O) groups excluding carboxylic acids is 1. The van der Waals surface area contributed by atoms with Crippen LogP contribution in [0, 0.1) is 0 Å². The molecule has 5 nitrogen and oxygen atoms in total. The Morgan fingerprint density at radius 1 is 1.53 bits per heavy atom. The van der Waals surface area contributed by atoms with Crippen molar-refractivity contribution in [1.29, 1.82) is 0 Å². The number of carboxylic acid groups (broad SMARTS) is 1. The molecule has 1 aromatic heterocycles. The average Bonchev–Trinajstić information content (AvgIpc) is 2.82. The number of carboxylic acids is 1. The van der Waals surface area contributed by atoms with Gasteiger partial charge < -0.3 is 14.7 Å². The van der Waals surface area contributed by atoms with Crippen LogP contribution in [0.1, 0.15) is 4.88 Å². The van der Waals surface area contributed by atoms with Gasteiger partial charge in [-0.15, -0.1) is 11.3 Å². The van der Waals surface area contributed by atoms with E-state index in [0.29, 0.717) is 10.9 Å². The highest BCUT2D eigenvalue weighted by Gasteiger charge is 2.27. The molecule has 0 saturated carbocycles. The second kappa shape index (κ2) is 6.18. The minimum Gasteiger partial charge on any atom is -0.479 e. The van der Waals surface area contributed by atoms with Crippen molar-refractivity contribution in [2.24, 2.45) is 0 Å². The summed E-state index contributed by atoms with van der Waals surface area (Å²) in [6, 6.07) is 3.57. The van der Waals surface area contributed by atoms with Gasteiger partial charge in [0, 0.05) is 17.5 Å². The van der Waals surface area contributed by atoms with Crippen LogP contribution in [-0.4, -0.2) is 47.7 Å². The maximum atomic E-state index is 11.9. The van der Waals surface area contributed by atoms with E-state index in [1.807, 2.05) is 6.07 Å². The molecule has 0 radical (unpaired) electrons. The number of nitrogens with zero attached hydrogens (tertiary/aromatic N) is 1.